The van der Waals surface area contributed by atoms with Gasteiger partial charge < -0.3 is 19.8 Å². The van der Waals surface area contributed by atoms with Gasteiger partial charge in [0.25, 0.3) is 0 Å². The van der Waals surface area contributed by atoms with E-state index in [1.54, 1.807) is 31.3 Å². The Kier molecular flexibility index (Phi) is 4.74. The van der Waals surface area contributed by atoms with Gasteiger partial charge in [0.05, 0.1) is 16.1 Å². The Labute approximate surface area is 199 Å². The quantitative estimate of drug-likeness (QED) is 0.378. The van der Waals surface area contributed by atoms with Gasteiger partial charge in [-0.3, -0.25) is 4.79 Å². The van der Waals surface area contributed by atoms with E-state index in [1.807, 2.05) is 13.0 Å². The summed E-state index contributed by atoms with van der Waals surface area (Å²) in [5.74, 6) is 2.48. The van der Waals surface area contributed by atoms with E-state index in [1.165, 1.54) is 6.07 Å². The maximum absolute atomic E-state index is 14.0. The van der Waals surface area contributed by atoms with Crippen molar-refractivity contribution in [3.8, 4) is 17.2 Å². The number of aryl methyl sites for hydroxylation is 1. The van der Waals surface area contributed by atoms with Gasteiger partial charge in [-0.2, -0.15) is 0 Å². The van der Waals surface area contributed by atoms with Crippen molar-refractivity contribution in [2.75, 3.05) is 5.32 Å². The van der Waals surface area contributed by atoms with Crippen molar-refractivity contribution in [3.63, 3.8) is 0 Å². The van der Waals surface area contributed by atoms with Crippen LogP contribution in [-0.2, 0) is 11.2 Å². The standard InChI is InChI=1S/C25H20ClFN4O3/c1-11-7-17-18(10-16(11)27)30-25(29-17)23-12(2)14-8-21(15(26)9-20(14)34-23)33-19-5-6-28-24-13(19)3-4-22(32)31-24/h5-10,12,23H,3-4H2,1-2H3,(H,29,30)(H,28,31,32). The molecule has 6 rings (SSSR count). The van der Waals surface area contributed by atoms with E-state index in [4.69, 9.17) is 21.1 Å². The molecule has 0 saturated carbocycles. The average molecular weight is 479 g/mol. The van der Waals surface area contributed by atoms with Gasteiger partial charge in [-0.1, -0.05) is 18.5 Å². The first-order valence-corrected chi connectivity index (χ1v) is 11.4. The molecule has 2 unspecified atom stereocenters. The van der Waals surface area contributed by atoms with E-state index in [0.717, 1.165) is 16.6 Å². The lowest BCUT2D eigenvalue weighted by atomic mass is 9.97. The second-order valence-corrected chi connectivity index (χ2v) is 9.08. The van der Waals surface area contributed by atoms with Crippen molar-refractivity contribution in [1.29, 1.82) is 0 Å². The summed E-state index contributed by atoms with van der Waals surface area (Å²) >= 11 is 6.55. The van der Waals surface area contributed by atoms with Crippen molar-refractivity contribution in [3.05, 3.63) is 69.9 Å². The van der Waals surface area contributed by atoms with Crippen LogP contribution in [0, 0.1) is 12.7 Å². The van der Waals surface area contributed by atoms with E-state index in [-0.39, 0.29) is 23.7 Å². The van der Waals surface area contributed by atoms with E-state index in [0.29, 0.717) is 57.8 Å². The van der Waals surface area contributed by atoms with Gasteiger partial charge in [0.15, 0.2) is 6.10 Å². The van der Waals surface area contributed by atoms with Crippen LogP contribution in [-0.4, -0.2) is 20.9 Å². The van der Waals surface area contributed by atoms with E-state index < -0.39 is 0 Å². The fourth-order valence-electron chi connectivity index (χ4n) is 4.55. The molecule has 7 nitrogen and oxygen atoms in total. The van der Waals surface area contributed by atoms with Crippen molar-refractivity contribution in [2.45, 2.75) is 38.7 Å². The molecular formula is C25H20ClFN4O3. The SMILES string of the molecule is Cc1cc2[nH]c(C3Oc4cc(Cl)c(Oc5ccnc6c5CCC(=O)N6)cc4C3C)nc2cc1F. The number of halogens is 2. The fraction of sp³-hybridized carbons (Fsp3) is 0.240. The van der Waals surface area contributed by atoms with E-state index >= 15 is 0 Å². The summed E-state index contributed by atoms with van der Waals surface area (Å²) in [6.45, 7) is 3.76. The molecule has 0 bridgehead atoms. The Bertz CT molecular complexity index is 1450. The smallest absolute Gasteiger partial charge is 0.225 e. The third-order valence-electron chi connectivity index (χ3n) is 6.41. The highest BCUT2D eigenvalue weighted by molar-refractivity contribution is 6.32. The number of carbonyl (C=O) groups is 1. The molecule has 9 heteroatoms. The molecule has 1 amide bonds. The number of nitrogens with one attached hydrogen (secondary N) is 2. The summed E-state index contributed by atoms with van der Waals surface area (Å²) < 4.78 is 26.4. The predicted octanol–water partition coefficient (Wildman–Crippen LogP) is 5.97. The normalized spacial score (nSPS) is 18.9. The first kappa shape index (κ1) is 20.9. The highest BCUT2D eigenvalue weighted by atomic mass is 35.5. The zero-order valence-electron chi connectivity index (χ0n) is 18.4. The number of pyridine rings is 1. The largest absolute Gasteiger partial charge is 0.482 e. The van der Waals surface area contributed by atoms with Gasteiger partial charge >= 0.3 is 0 Å². The van der Waals surface area contributed by atoms with Gasteiger partial charge in [0, 0.05) is 41.8 Å². The number of benzene rings is 2. The molecule has 0 aliphatic carbocycles. The number of nitrogens with zero attached hydrogens (tertiary/aromatic N) is 2. The maximum Gasteiger partial charge on any atom is 0.225 e. The summed E-state index contributed by atoms with van der Waals surface area (Å²) in [6, 6.07) is 8.55. The molecule has 2 aromatic heterocycles. The number of ether oxygens (including phenoxy) is 2. The van der Waals surface area contributed by atoms with E-state index in [9.17, 15) is 9.18 Å². The van der Waals surface area contributed by atoms with Crippen molar-refractivity contribution in [2.24, 2.45) is 0 Å². The summed E-state index contributed by atoms with van der Waals surface area (Å²) in [6.07, 6.45) is 2.14. The van der Waals surface area contributed by atoms with Gasteiger partial charge in [0.2, 0.25) is 5.91 Å². The minimum absolute atomic E-state index is 0.0493. The molecule has 2 aromatic carbocycles. The lowest BCUT2D eigenvalue weighted by Gasteiger charge is -2.19. The first-order valence-electron chi connectivity index (χ1n) is 11.0. The zero-order chi connectivity index (χ0) is 23.6. The third kappa shape index (κ3) is 3.37. The molecular weight excluding hydrogens is 459 g/mol. The van der Waals surface area contributed by atoms with E-state index in [2.05, 4.69) is 20.3 Å². The molecule has 2 aliphatic rings. The highest BCUT2D eigenvalue weighted by Crippen LogP contribution is 2.49. The monoisotopic (exact) mass is 478 g/mol. The average Bonchev–Trinajstić information content (AvgIpc) is 3.34. The molecule has 0 fully saturated rings. The third-order valence-corrected chi connectivity index (χ3v) is 6.70. The number of anilines is 1. The zero-order valence-corrected chi connectivity index (χ0v) is 19.2. The van der Waals surface area contributed by atoms with Crippen LogP contribution in [0.1, 0.15) is 47.9 Å². The van der Waals surface area contributed by atoms with Crippen LogP contribution in [0.15, 0.2) is 36.5 Å². The van der Waals surface area contributed by atoms with Crippen LogP contribution in [0.5, 0.6) is 17.2 Å². The number of imidazole rings is 1. The number of H-pyrrole nitrogens is 1. The van der Waals surface area contributed by atoms with Gasteiger partial charge in [-0.15, -0.1) is 0 Å². The van der Waals surface area contributed by atoms with Gasteiger partial charge in [-0.25, -0.2) is 14.4 Å². The minimum atomic E-state index is -0.374. The van der Waals surface area contributed by atoms with Crippen LogP contribution < -0.4 is 14.8 Å². The lowest BCUT2D eigenvalue weighted by Crippen LogP contribution is -2.20. The second-order valence-electron chi connectivity index (χ2n) is 8.67. The number of carbonyl (C=O) groups excluding carboxylic acids is 1. The number of aromatic nitrogens is 3. The molecule has 172 valence electrons. The van der Waals surface area contributed by atoms with Crippen LogP contribution in [0.25, 0.3) is 11.0 Å². The van der Waals surface area contributed by atoms with Gasteiger partial charge in [0.1, 0.15) is 34.7 Å². The maximum atomic E-state index is 14.0. The molecule has 2 aliphatic heterocycles. The number of hydrogen-bond acceptors (Lipinski definition) is 5. The number of aromatic amines is 1. The summed E-state index contributed by atoms with van der Waals surface area (Å²) in [7, 11) is 0. The molecule has 4 heterocycles. The molecule has 0 saturated heterocycles. The molecule has 0 radical (unpaired) electrons. The van der Waals surface area contributed by atoms with Crippen LogP contribution in [0.3, 0.4) is 0 Å². The Balaban J connectivity index is 1.32. The van der Waals surface area contributed by atoms with Crippen LogP contribution in [0.2, 0.25) is 5.02 Å². The minimum Gasteiger partial charge on any atom is -0.482 e. The number of fused-ring (bicyclic) bond motifs is 3. The summed E-state index contributed by atoms with van der Waals surface area (Å²) in [5, 5.41) is 3.18. The molecule has 4 aromatic rings. The summed E-state index contributed by atoms with van der Waals surface area (Å²) in [5.41, 5.74) is 3.64. The van der Waals surface area contributed by atoms with Crippen molar-refractivity contribution >= 4 is 34.4 Å². The van der Waals surface area contributed by atoms with Crippen molar-refractivity contribution < 1.29 is 18.7 Å². The molecule has 2 N–H and O–H groups in total. The second kappa shape index (κ2) is 7.70. The molecule has 0 spiro atoms. The summed E-state index contributed by atoms with van der Waals surface area (Å²) in [4.78, 5) is 23.8. The number of amides is 1. The Morgan fingerprint density at radius 1 is 1.21 bits per heavy atom. The van der Waals surface area contributed by atoms with Crippen molar-refractivity contribution in [1.82, 2.24) is 15.0 Å². The Hall–Kier alpha value is -3.65. The van der Waals surface area contributed by atoms with Crippen LogP contribution in [0.4, 0.5) is 10.2 Å². The Morgan fingerprint density at radius 2 is 2.06 bits per heavy atom. The highest BCUT2D eigenvalue weighted by Gasteiger charge is 2.36. The molecule has 34 heavy (non-hydrogen) atoms. The first-order chi connectivity index (χ1) is 16.4. The topological polar surface area (TPSA) is 89.1 Å². The predicted molar refractivity (Wildman–Crippen MR) is 125 cm³/mol. The Morgan fingerprint density at radius 3 is 2.91 bits per heavy atom. The fourth-order valence-corrected chi connectivity index (χ4v) is 4.74. The lowest BCUT2D eigenvalue weighted by molar-refractivity contribution is -0.116. The number of rotatable bonds is 3. The number of hydrogen-bond donors (Lipinski definition) is 2. The van der Waals surface area contributed by atoms with Gasteiger partial charge in [-0.05, 0) is 37.1 Å². The molecule has 2 atom stereocenters. The van der Waals surface area contributed by atoms with Crippen LogP contribution >= 0.6 is 11.6 Å².